The first-order chi connectivity index (χ1) is 12.5. The van der Waals surface area contributed by atoms with Crippen molar-refractivity contribution in [3.8, 4) is 22.9 Å². The van der Waals surface area contributed by atoms with E-state index >= 15 is 0 Å². The number of nitrogens with one attached hydrogen (secondary N) is 1. The fourth-order valence-electron chi connectivity index (χ4n) is 2.44. The van der Waals surface area contributed by atoms with Gasteiger partial charge >= 0.3 is 0 Å². The zero-order chi connectivity index (χ0) is 18.7. The molecule has 26 heavy (non-hydrogen) atoms. The first-order valence-corrected chi connectivity index (χ1v) is 7.58. The Morgan fingerprint density at radius 3 is 2.38 bits per heavy atom. The zero-order valence-electron chi connectivity index (χ0n) is 13.3. The van der Waals surface area contributed by atoms with Crippen molar-refractivity contribution >= 4 is 11.6 Å². The normalized spacial score (nSPS) is 10.2. The molecule has 0 aromatic heterocycles. The van der Waals surface area contributed by atoms with Crippen LogP contribution in [0.5, 0.6) is 5.75 Å². The summed E-state index contributed by atoms with van der Waals surface area (Å²) in [7, 11) is 0. The molecule has 0 saturated carbocycles. The van der Waals surface area contributed by atoms with Crippen LogP contribution in [0.1, 0.15) is 15.9 Å². The SMILES string of the molecule is N#Cc1ccc(NC(=O)c2cc(-c3ccc(F)cc3F)ccc2O)cc1. The lowest BCUT2D eigenvalue weighted by molar-refractivity contribution is 0.102. The summed E-state index contributed by atoms with van der Waals surface area (Å²) in [5, 5.41) is 21.3. The van der Waals surface area contributed by atoms with Gasteiger partial charge in [0.2, 0.25) is 0 Å². The van der Waals surface area contributed by atoms with Crippen LogP contribution in [0.2, 0.25) is 0 Å². The molecule has 2 N–H and O–H groups in total. The monoisotopic (exact) mass is 350 g/mol. The van der Waals surface area contributed by atoms with Crippen LogP contribution in [-0.2, 0) is 0 Å². The molecule has 0 fully saturated rings. The third kappa shape index (κ3) is 3.52. The van der Waals surface area contributed by atoms with Crippen LogP contribution >= 0.6 is 0 Å². The van der Waals surface area contributed by atoms with E-state index in [1.54, 1.807) is 24.3 Å². The zero-order valence-corrected chi connectivity index (χ0v) is 13.3. The number of phenols is 1. The van der Waals surface area contributed by atoms with E-state index < -0.39 is 17.5 Å². The Bertz CT molecular complexity index is 1020. The number of nitriles is 1. The number of amides is 1. The third-order valence-corrected chi connectivity index (χ3v) is 3.76. The molecule has 0 aliphatic rings. The van der Waals surface area contributed by atoms with Gasteiger partial charge in [0, 0.05) is 17.3 Å². The largest absolute Gasteiger partial charge is 0.507 e. The number of benzene rings is 3. The maximum atomic E-state index is 14.0. The predicted octanol–water partition coefficient (Wildman–Crippen LogP) is 4.46. The molecule has 0 atom stereocenters. The highest BCUT2D eigenvalue weighted by molar-refractivity contribution is 6.06. The maximum absolute atomic E-state index is 14.0. The minimum absolute atomic E-state index is 0.0596. The summed E-state index contributed by atoms with van der Waals surface area (Å²) >= 11 is 0. The molecule has 1 amide bonds. The standard InChI is InChI=1S/C20H12F2N2O2/c21-14-4-7-16(18(22)10-14)13-3-8-19(25)17(9-13)20(26)24-15-5-1-12(11-23)2-6-15/h1-10,25H,(H,24,26). The first kappa shape index (κ1) is 17.1. The van der Waals surface area contributed by atoms with Crippen molar-refractivity contribution in [1.29, 1.82) is 5.26 Å². The van der Waals surface area contributed by atoms with Crippen LogP contribution in [0, 0.1) is 23.0 Å². The summed E-state index contributed by atoms with van der Waals surface area (Å²) in [4.78, 5) is 12.4. The Hall–Kier alpha value is -3.72. The van der Waals surface area contributed by atoms with Gasteiger partial charge in [0.25, 0.3) is 5.91 Å². The first-order valence-electron chi connectivity index (χ1n) is 7.58. The highest BCUT2D eigenvalue weighted by atomic mass is 19.1. The van der Waals surface area contributed by atoms with Crippen molar-refractivity contribution in [2.75, 3.05) is 5.32 Å². The summed E-state index contributed by atoms with van der Waals surface area (Å²) < 4.78 is 27.0. The third-order valence-electron chi connectivity index (χ3n) is 3.76. The second kappa shape index (κ2) is 7.03. The van der Waals surface area contributed by atoms with Crippen molar-refractivity contribution in [2.45, 2.75) is 0 Å². The molecule has 0 unspecified atom stereocenters. The lowest BCUT2D eigenvalue weighted by atomic mass is 10.0. The van der Waals surface area contributed by atoms with Gasteiger partial charge in [-0.25, -0.2) is 8.78 Å². The molecule has 0 aliphatic heterocycles. The van der Waals surface area contributed by atoms with Crippen molar-refractivity contribution in [1.82, 2.24) is 0 Å². The van der Waals surface area contributed by atoms with Crippen LogP contribution in [0.4, 0.5) is 14.5 Å². The summed E-state index contributed by atoms with van der Waals surface area (Å²) in [6.07, 6.45) is 0. The summed E-state index contributed by atoms with van der Waals surface area (Å²) in [5.41, 5.74) is 1.26. The number of nitrogens with zero attached hydrogens (tertiary/aromatic N) is 1. The maximum Gasteiger partial charge on any atom is 0.259 e. The van der Waals surface area contributed by atoms with E-state index in [2.05, 4.69) is 5.32 Å². The van der Waals surface area contributed by atoms with Crippen LogP contribution in [0.3, 0.4) is 0 Å². The summed E-state index contributed by atoms with van der Waals surface area (Å²) in [6.45, 7) is 0. The highest BCUT2D eigenvalue weighted by Crippen LogP contribution is 2.29. The lowest BCUT2D eigenvalue weighted by Crippen LogP contribution is -2.12. The van der Waals surface area contributed by atoms with Gasteiger partial charge in [-0.2, -0.15) is 5.26 Å². The molecule has 4 nitrogen and oxygen atoms in total. The fraction of sp³-hybridized carbons (Fsp3) is 0. The summed E-state index contributed by atoms with van der Waals surface area (Å²) in [6, 6.07) is 15.3. The number of aromatic hydroxyl groups is 1. The molecule has 0 spiro atoms. The molecular formula is C20H12F2N2O2. The van der Waals surface area contributed by atoms with E-state index in [0.29, 0.717) is 16.8 Å². The number of anilines is 1. The van der Waals surface area contributed by atoms with Crippen LogP contribution < -0.4 is 5.32 Å². The van der Waals surface area contributed by atoms with E-state index in [4.69, 9.17) is 5.26 Å². The Balaban J connectivity index is 1.91. The average Bonchev–Trinajstić information content (AvgIpc) is 2.63. The molecule has 6 heteroatoms. The molecule has 0 saturated heterocycles. The Kier molecular flexibility index (Phi) is 4.63. The van der Waals surface area contributed by atoms with Gasteiger partial charge in [0.15, 0.2) is 0 Å². The molecule has 0 radical (unpaired) electrons. The molecule has 0 bridgehead atoms. The molecule has 0 heterocycles. The minimum atomic E-state index is -0.769. The van der Waals surface area contributed by atoms with Crippen LogP contribution in [0.25, 0.3) is 11.1 Å². The van der Waals surface area contributed by atoms with Gasteiger partial charge in [-0.1, -0.05) is 6.07 Å². The number of halogens is 2. The van der Waals surface area contributed by atoms with Gasteiger partial charge in [-0.15, -0.1) is 0 Å². The van der Waals surface area contributed by atoms with Gasteiger partial charge in [-0.3, -0.25) is 4.79 Å². The highest BCUT2D eigenvalue weighted by Gasteiger charge is 2.15. The van der Waals surface area contributed by atoms with E-state index in [0.717, 1.165) is 12.1 Å². The molecule has 128 valence electrons. The Labute approximate surface area is 148 Å². The van der Waals surface area contributed by atoms with E-state index in [1.165, 1.54) is 24.3 Å². The fourth-order valence-corrected chi connectivity index (χ4v) is 2.44. The van der Waals surface area contributed by atoms with Gasteiger partial charge in [0.1, 0.15) is 17.4 Å². The number of rotatable bonds is 3. The molecule has 3 aromatic carbocycles. The number of hydrogen-bond acceptors (Lipinski definition) is 3. The number of carbonyl (C=O) groups excluding carboxylic acids is 1. The molecule has 3 rings (SSSR count). The molecule has 0 aliphatic carbocycles. The predicted molar refractivity (Wildman–Crippen MR) is 92.6 cm³/mol. The smallest absolute Gasteiger partial charge is 0.259 e. The van der Waals surface area contributed by atoms with Crippen molar-refractivity contribution < 1.29 is 18.7 Å². The van der Waals surface area contributed by atoms with Crippen molar-refractivity contribution in [3.05, 3.63) is 83.4 Å². The minimum Gasteiger partial charge on any atom is -0.507 e. The molecule has 3 aromatic rings. The number of carbonyl (C=O) groups is 1. The second-order valence-electron chi connectivity index (χ2n) is 5.50. The summed E-state index contributed by atoms with van der Waals surface area (Å²) in [5.74, 6) is -2.35. The van der Waals surface area contributed by atoms with E-state index in [-0.39, 0.29) is 16.9 Å². The topological polar surface area (TPSA) is 73.1 Å². The Morgan fingerprint density at radius 2 is 1.73 bits per heavy atom. The Morgan fingerprint density at radius 1 is 1.00 bits per heavy atom. The molecular weight excluding hydrogens is 338 g/mol. The van der Waals surface area contributed by atoms with Crippen LogP contribution in [0.15, 0.2) is 60.7 Å². The number of phenolic OH excluding ortho intramolecular Hbond substituents is 1. The van der Waals surface area contributed by atoms with E-state index in [9.17, 15) is 18.7 Å². The average molecular weight is 350 g/mol. The van der Waals surface area contributed by atoms with Crippen molar-refractivity contribution in [2.24, 2.45) is 0 Å². The number of hydrogen-bond donors (Lipinski definition) is 2. The van der Waals surface area contributed by atoms with Crippen LogP contribution in [-0.4, -0.2) is 11.0 Å². The van der Waals surface area contributed by atoms with Gasteiger partial charge in [-0.05, 0) is 54.1 Å². The van der Waals surface area contributed by atoms with Gasteiger partial charge in [0.05, 0.1) is 17.2 Å². The van der Waals surface area contributed by atoms with Crippen molar-refractivity contribution in [3.63, 3.8) is 0 Å². The van der Waals surface area contributed by atoms with Gasteiger partial charge < -0.3 is 10.4 Å². The van der Waals surface area contributed by atoms with E-state index in [1.807, 2.05) is 6.07 Å². The lowest BCUT2D eigenvalue weighted by Gasteiger charge is -2.10. The quantitative estimate of drug-likeness (QED) is 0.732. The second-order valence-corrected chi connectivity index (χ2v) is 5.50.